The number of ether oxygens (including phenoxy) is 1. The van der Waals surface area contributed by atoms with Crippen LogP contribution in [-0.2, 0) is 9.53 Å². The highest BCUT2D eigenvalue weighted by molar-refractivity contribution is 5.81. The second-order valence-electron chi connectivity index (χ2n) is 4.50. The average Bonchev–Trinajstić information content (AvgIpc) is 2.25. The average molecular weight is 236 g/mol. The third kappa shape index (κ3) is 8.49. The molecule has 0 aromatic heterocycles. The van der Waals surface area contributed by atoms with E-state index in [4.69, 9.17) is 4.74 Å². The fourth-order valence-corrected chi connectivity index (χ4v) is 1.23. The molecule has 1 atom stereocenters. The van der Waals surface area contributed by atoms with Crippen LogP contribution < -0.4 is 0 Å². The molecule has 96 valence electrons. The second kappa shape index (κ2) is 8.80. The first-order chi connectivity index (χ1) is 7.97. The first-order valence-electron chi connectivity index (χ1n) is 6.09. The van der Waals surface area contributed by atoms with E-state index in [0.717, 1.165) is 18.4 Å². The van der Waals surface area contributed by atoms with Gasteiger partial charge in [-0.1, -0.05) is 36.8 Å². The zero-order valence-electron chi connectivity index (χ0n) is 11.5. The standard InChI is InChI=1S/C15H24O2/c1-6-7-8-15(16)17-11-14(13(4)5)10-9-12(2)3/h7-9,14H,4,6,10-11H2,1-3,5H3. The Labute approximate surface area is 105 Å². The van der Waals surface area contributed by atoms with Crippen LogP contribution >= 0.6 is 0 Å². The Kier molecular flexibility index (Phi) is 8.12. The Balaban J connectivity index is 4.18. The van der Waals surface area contributed by atoms with Crippen molar-refractivity contribution < 1.29 is 9.53 Å². The fourth-order valence-electron chi connectivity index (χ4n) is 1.23. The molecule has 0 saturated carbocycles. The Bertz CT molecular complexity index is 307. The Morgan fingerprint density at radius 3 is 2.47 bits per heavy atom. The predicted molar refractivity (Wildman–Crippen MR) is 72.7 cm³/mol. The Morgan fingerprint density at radius 2 is 2.00 bits per heavy atom. The molecule has 2 nitrogen and oxygen atoms in total. The molecular formula is C15H24O2. The number of hydrogen-bond acceptors (Lipinski definition) is 2. The quantitative estimate of drug-likeness (QED) is 0.379. The van der Waals surface area contributed by atoms with Gasteiger partial charge >= 0.3 is 5.97 Å². The normalized spacial score (nSPS) is 12.2. The lowest BCUT2D eigenvalue weighted by Gasteiger charge is -2.14. The number of rotatable bonds is 7. The summed E-state index contributed by atoms with van der Waals surface area (Å²) in [5.41, 5.74) is 2.32. The van der Waals surface area contributed by atoms with Crippen LogP contribution in [0.3, 0.4) is 0 Å². The zero-order valence-corrected chi connectivity index (χ0v) is 11.5. The molecule has 0 rings (SSSR count). The summed E-state index contributed by atoms with van der Waals surface area (Å²) in [6, 6.07) is 0. The van der Waals surface area contributed by atoms with Gasteiger partial charge in [0.2, 0.25) is 0 Å². The smallest absolute Gasteiger partial charge is 0.330 e. The number of esters is 1. The molecule has 2 heteroatoms. The molecule has 17 heavy (non-hydrogen) atoms. The van der Waals surface area contributed by atoms with E-state index in [1.54, 1.807) is 6.08 Å². The van der Waals surface area contributed by atoms with Crippen molar-refractivity contribution in [2.75, 3.05) is 6.61 Å². The van der Waals surface area contributed by atoms with Crippen molar-refractivity contribution in [1.29, 1.82) is 0 Å². The highest BCUT2D eigenvalue weighted by atomic mass is 16.5. The molecule has 0 spiro atoms. The molecule has 0 N–H and O–H groups in total. The maximum atomic E-state index is 11.3. The molecule has 1 unspecified atom stereocenters. The molecule has 0 aromatic rings. The molecule has 0 amide bonds. The number of hydrogen-bond donors (Lipinski definition) is 0. The van der Waals surface area contributed by atoms with Crippen LogP contribution in [-0.4, -0.2) is 12.6 Å². The van der Waals surface area contributed by atoms with E-state index in [2.05, 4.69) is 26.5 Å². The Morgan fingerprint density at radius 1 is 1.35 bits per heavy atom. The van der Waals surface area contributed by atoms with E-state index in [1.165, 1.54) is 11.6 Å². The van der Waals surface area contributed by atoms with Crippen molar-refractivity contribution in [3.8, 4) is 0 Å². The molecule has 0 aliphatic rings. The van der Waals surface area contributed by atoms with Crippen LogP contribution in [0.4, 0.5) is 0 Å². The van der Waals surface area contributed by atoms with Crippen molar-refractivity contribution in [3.05, 3.63) is 36.0 Å². The van der Waals surface area contributed by atoms with Gasteiger partial charge in [-0.25, -0.2) is 4.79 Å². The van der Waals surface area contributed by atoms with Crippen LogP contribution in [0.15, 0.2) is 36.0 Å². The van der Waals surface area contributed by atoms with Gasteiger partial charge in [0, 0.05) is 12.0 Å². The topological polar surface area (TPSA) is 26.3 Å². The third-order valence-electron chi connectivity index (χ3n) is 2.42. The first-order valence-corrected chi connectivity index (χ1v) is 6.09. The number of allylic oxidation sites excluding steroid dienone is 3. The lowest BCUT2D eigenvalue weighted by molar-refractivity contribution is -0.138. The zero-order chi connectivity index (χ0) is 13.3. The monoisotopic (exact) mass is 236 g/mol. The van der Waals surface area contributed by atoms with E-state index in [0.29, 0.717) is 6.61 Å². The van der Waals surface area contributed by atoms with Gasteiger partial charge in [-0.15, -0.1) is 0 Å². The molecule has 0 radical (unpaired) electrons. The van der Waals surface area contributed by atoms with Gasteiger partial charge in [-0.2, -0.15) is 0 Å². The van der Waals surface area contributed by atoms with Gasteiger partial charge in [0.25, 0.3) is 0 Å². The first kappa shape index (κ1) is 15.7. The molecule has 0 aliphatic carbocycles. The lowest BCUT2D eigenvalue weighted by Crippen LogP contribution is -2.13. The van der Waals surface area contributed by atoms with E-state index in [1.807, 2.05) is 13.8 Å². The van der Waals surface area contributed by atoms with Crippen molar-refractivity contribution in [1.82, 2.24) is 0 Å². The van der Waals surface area contributed by atoms with Crippen molar-refractivity contribution in [2.24, 2.45) is 5.92 Å². The SMILES string of the molecule is C=C(C)C(CC=C(C)C)COC(=O)C=CCC. The van der Waals surface area contributed by atoms with E-state index in [9.17, 15) is 4.79 Å². The third-order valence-corrected chi connectivity index (χ3v) is 2.42. The summed E-state index contributed by atoms with van der Waals surface area (Å²) in [4.78, 5) is 11.3. The van der Waals surface area contributed by atoms with Gasteiger partial charge in [0.15, 0.2) is 0 Å². The minimum atomic E-state index is -0.268. The number of carbonyl (C=O) groups excluding carboxylic acids is 1. The van der Waals surface area contributed by atoms with Crippen LogP contribution in [0, 0.1) is 5.92 Å². The fraction of sp³-hybridized carbons (Fsp3) is 0.533. The Hall–Kier alpha value is -1.31. The number of carbonyl (C=O) groups is 1. The summed E-state index contributed by atoms with van der Waals surface area (Å²) < 4.78 is 5.18. The van der Waals surface area contributed by atoms with Gasteiger partial charge in [-0.3, -0.25) is 0 Å². The second-order valence-corrected chi connectivity index (χ2v) is 4.50. The molecule has 0 bridgehead atoms. The molecule has 0 fully saturated rings. The maximum Gasteiger partial charge on any atom is 0.330 e. The van der Waals surface area contributed by atoms with Gasteiger partial charge < -0.3 is 4.74 Å². The van der Waals surface area contributed by atoms with Crippen LogP contribution in [0.2, 0.25) is 0 Å². The summed E-state index contributed by atoms with van der Waals surface area (Å²) in [6.45, 7) is 12.4. The molecule has 0 aliphatic heterocycles. The van der Waals surface area contributed by atoms with Gasteiger partial charge in [0.1, 0.15) is 0 Å². The minimum Gasteiger partial charge on any atom is -0.462 e. The largest absolute Gasteiger partial charge is 0.462 e. The highest BCUT2D eigenvalue weighted by Gasteiger charge is 2.10. The van der Waals surface area contributed by atoms with Crippen molar-refractivity contribution in [3.63, 3.8) is 0 Å². The summed E-state index contributed by atoms with van der Waals surface area (Å²) in [5, 5.41) is 0. The predicted octanol–water partition coefficient (Wildman–Crippen LogP) is 4.04. The maximum absolute atomic E-state index is 11.3. The summed E-state index contributed by atoms with van der Waals surface area (Å²) in [5.74, 6) is -0.0563. The van der Waals surface area contributed by atoms with Crippen molar-refractivity contribution >= 4 is 5.97 Å². The highest BCUT2D eigenvalue weighted by Crippen LogP contribution is 2.15. The molecule has 0 aromatic carbocycles. The summed E-state index contributed by atoms with van der Waals surface area (Å²) in [7, 11) is 0. The summed E-state index contributed by atoms with van der Waals surface area (Å²) >= 11 is 0. The van der Waals surface area contributed by atoms with Gasteiger partial charge in [0.05, 0.1) is 6.61 Å². The van der Waals surface area contributed by atoms with E-state index in [-0.39, 0.29) is 11.9 Å². The molecular weight excluding hydrogens is 212 g/mol. The van der Waals surface area contributed by atoms with Crippen LogP contribution in [0.1, 0.15) is 40.5 Å². The van der Waals surface area contributed by atoms with E-state index < -0.39 is 0 Å². The minimum absolute atomic E-state index is 0.212. The van der Waals surface area contributed by atoms with Crippen LogP contribution in [0.5, 0.6) is 0 Å². The molecule has 0 heterocycles. The van der Waals surface area contributed by atoms with Crippen LogP contribution in [0.25, 0.3) is 0 Å². The van der Waals surface area contributed by atoms with Gasteiger partial charge in [-0.05, 0) is 33.6 Å². The molecule has 0 saturated heterocycles. The lowest BCUT2D eigenvalue weighted by atomic mass is 9.98. The van der Waals surface area contributed by atoms with Crippen molar-refractivity contribution in [2.45, 2.75) is 40.5 Å². The summed E-state index contributed by atoms with van der Waals surface area (Å²) in [6.07, 6.45) is 7.15. The van der Waals surface area contributed by atoms with E-state index >= 15 is 0 Å².